The van der Waals surface area contributed by atoms with Crippen molar-refractivity contribution >= 4 is 17.4 Å². The third-order valence-electron chi connectivity index (χ3n) is 6.03. The number of hydrogen-bond acceptors (Lipinski definition) is 2. The molecule has 0 saturated heterocycles. The van der Waals surface area contributed by atoms with Crippen molar-refractivity contribution in [3.8, 4) is 0 Å². The normalized spacial score (nSPS) is 23.3. The number of rotatable bonds is 2. The predicted octanol–water partition coefficient (Wildman–Crippen LogP) is 5.54. The molecule has 1 N–H and O–H groups in total. The van der Waals surface area contributed by atoms with Crippen LogP contribution in [-0.4, -0.2) is 22.8 Å². The molecule has 2 amide bonds. The van der Waals surface area contributed by atoms with Crippen LogP contribution in [0.1, 0.15) is 76.2 Å². The van der Waals surface area contributed by atoms with Crippen LogP contribution in [0, 0.1) is 5.92 Å². The van der Waals surface area contributed by atoms with Gasteiger partial charge in [-0.1, -0.05) is 63.1 Å². The van der Waals surface area contributed by atoms with Gasteiger partial charge in [0.2, 0.25) is 0 Å². The Morgan fingerprint density at radius 1 is 0.880 bits per heavy atom. The molecule has 1 aromatic carbocycles. The molecule has 0 aromatic heterocycles. The highest BCUT2D eigenvalue weighted by molar-refractivity contribution is 6.10. The predicted molar refractivity (Wildman–Crippen MR) is 102 cm³/mol. The first kappa shape index (κ1) is 16.6. The Kier molecular flexibility index (Phi) is 5.04. The molecule has 4 rings (SSSR count). The van der Waals surface area contributed by atoms with E-state index in [0.29, 0.717) is 5.92 Å². The molecule has 3 aliphatic rings. The van der Waals surface area contributed by atoms with Gasteiger partial charge in [-0.2, -0.15) is 5.10 Å². The number of nitrogens with one attached hydrogen (secondary N) is 1. The van der Waals surface area contributed by atoms with Gasteiger partial charge in [0.15, 0.2) is 0 Å². The number of anilines is 1. The van der Waals surface area contributed by atoms with E-state index < -0.39 is 0 Å². The summed E-state index contributed by atoms with van der Waals surface area (Å²) in [6, 6.07) is 8.39. The van der Waals surface area contributed by atoms with Crippen LogP contribution < -0.4 is 5.32 Å². The van der Waals surface area contributed by atoms with E-state index in [2.05, 4.69) is 17.4 Å². The van der Waals surface area contributed by atoms with Crippen LogP contribution in [0.25, 0.3) is 0 Å². The third-order valence-corrected chi connectivity index (χ3v) is 6.03. The average Bonchev–Trinajstić information content (AvgIpc) is 3.00. The third kappa shape index (κ3) is 3.58. The van der Waals surface area contributed by atoms with Crippen molar-refractivity contribution in [2.24, 2.45) is 11.0 Å². The zero-order valence-electron chi connectivity index (χ0n) is 15.0. The number of para-hydroxylation sites is 1. The van der Waals surface area contributed by atoms with Crippen molar-refractivity contribution in [2.45, 2.75) is 76.7 Å². The second-order valence-corrected chi connectivity index (χ2v) is 7.79. The average molecular weight is 339 g/mol. The highest BCUT2D eigenvalue weighted by atomic mass is 16.2. The highest BCUT2D eigenvalue weighted by Gasteiger charge is 2.31. The van der Waals surface area contributed by atoms with Crippen molar-refractivity contribution in [1.29, 1.82) is 0 Å². The number of urea groups is 1. The van der Waals surface area contributed by atoms with Gasteiger partial charge in [0.05, 0.1) is 17.4 Å². The summed E-state index contributed by atoms with van der Waals surface area (Å²) in [4.78, 5) is 12.9. The first-order chi connectivity index (χ1) is 12.3. The number of nitrogens with zero attached hydrogens (tertiary/aromatic N) is 2. The molecule has 25 heavy (non-hydrogen) atoms. The smallest absolute Gasteiger partial charge is 0.306 e. The molecular formula is C21H29N3O. The largest absolute Gasteiger partial charge is 0.342 e. The van der Waals surface area contributed by atoms with Gasteiger partial charge in [-0.15, -0.1) is 0 Å². The van der Waals surface area contributed by atoms with E-state index in [-0.39, 0.29) is 12.1 Å². The van der Waals surface area contributed by atoms with E-state index in [1.54, 1.807) is 5.01 Å². The molecule has 2 aliphatic carbocycles. The Labute approximate surface area is 150 Å². The Bertz CT molecular complexity index is 640. The molecule has 1 heterocycles. The molecule has 4 nitrogen and oxygen atoms in total. The van der Waals surface area contributed by atoms with Gasteiger partial charge in [0.25, 0.3) is 0 Å². The van der Waals surface area contributed by atoms with Gasteiger partial charge < -0.3 is 5.32 Å². The first-order valence-corrected chi connectivity index (χ1v) is 10.1. The summed E-state index contributed by atoms with van der Waals surface area (Å²) in [5.41, 5.74) is 3.18. The Balaban J connectivity index is 1.71. The second-order valence-electron chi connectivity index (χ2n) is 7.79. The number of fused-ring (bicyclic) bond motifs is 1. The topological polar surface area (TPSA) is 44.7 Å². The van der Waals surface area contributed by atoms with E-state index in [1.165, 1.54) is 57.8 Å². The lowest BCUT2D eigenvalue weighted by Gasteiger charge is -2.28. The summed E-state index contributed by atoms with van der Waals surface area (Å²) in [7, 11) is 0. The molecule has 134 valence electrons. The maximum absolute atomic E-state index is 12.9. The van der Waals surface area contributed by atoms with Crippen LogP contribution in [0.3, 0.4) is 0 Å². The summed E-state index contributed by atoms with van der Waals surface area (Å²) in [6.45, 7) is 0. The number of hydrazone groups is 1. The fourth-order valence-electron chi connectivity index (χ4n) is 4.63. The minimum Gasteiger partial charge on any atom is -0.306 e. The van der Waals surface area contributed by atoms with Crippen molar-refractivity contribution in [1.82, 2.24) is 5.01 Å². The minimum absolute atomic E-state index is 0.0508. The summed E-state index contributed by atoms with van der Waals surface area (Å²) in [5.74, 6) is 0.482. The summed E-state index contributed by atoms with van der Waals surface area (Å²) < 4.78 is 0. The SMILES string of the molecule is O=C1Nc2ccccc2C(C2CCCCC2)=NN1C1CCCCCC1. The molecule has 2 saturated carbocycles. The number of carbonyl (C=O) groups excluding carboxylic acids is 1. The lowest BCUT2D eigenvalue weighted by Crippen LogP contribution is -2.39. The van der Waals surface area contributed by atoms with Gasteiger partial charge in [-0.25, -0.2) is 9.80 Å². The van der Waals surface area contributed by atoms with Gasteiger partial charge in [0.1, 0.15) is 0 Å². The summed E-state index contributed by atoms with van der Waals surface area (Å²) in [5, 5.41) is 9.96. The van der Waals surface area contributed by atoms with E-state index >= 15 is 0 Å². The zero-order chi connectivity index (χ0) is 17.1. The van der Waals surface area contributed by atoms with Crippen molar-refractivity contribution in [2.75, 3.05) is 5.32 Å². The summed E-state index contributed by atoms with van der Waals surface area (Å²) >= 11 is 0. The van der Waals surface area contributed by atoms with Crippen LogP contribution in [0.15, 0.2) is 29.4 Å². The monoisotopic (exact) mass is 339 g/mol. The zero-order valence-corrected chi connectivity index (χ0v) is 15.0. The van der Waals surface area contributed by atoms with Gasteiger partial charge in [0, 0.05) is 11.5 Å². The molecule has 0 atom stereocenters. The number of amides is 2. The van der Waals surface area contributed by atoms with Gasteiger partial charge in [-0.05, 0) is 31.7 Å². The summed E-state index contributed by atoms with van der Waals surface area (Å²) in [6.07, 6.45) is 13.4. The van der Waals surface area contributed by atoms with Crippen LogP contribution in [0.5, 0.6) is 0 Å². The molecule has 4 heteroatoms. The number of benzene rings is 1. The van der Waals surface area contributed by atoms with Gasteiger partial charge in [-0.3, -0.25) is 0 Å². The van der Waals surface area contributed by atoms with Crippen molar-refractivity contribution < 1.29 is 4.79 Å². The Morgan fingerprint density at radius 2 is 1.52 bits per heavy atom. The van der Waals surface area contributed by atoms with Crippen LogP contribution in [-0.2, 0) is 0 Å². The molecule has 2 fully saturated rings. The van der Waals surface area contributed by atoms with E-state index in [4.69, 9.17) is 5.10 Å². The minimum atomic E-state index is -0.0508. The lowest BCUT2D eigenvalue weighted by molar-refractivity contribution is 0.183. The van der Waals surface area contributed by atoms with E-state index in [9.17, 15) is 4.79 Å². The molecule has 1 aromatic rings. The Morgan fingerprint density at radius 3 is 2.28 bits per heavy atom. The molecule has 0 bridgehead atoms. The van der Waals surface area contributed by atoms with Crippen LogP contribution in [0.2, 0.25) is 0 Å². The number of carbonyl (C=O) groups is 1. The van der Waals surface area contributed by atoms with Crippen LogP contribution >= 0.6 is 0 Å². The number of hydrogen-bond donors (Lipinski definition) is 1. The standard InChI is InChI=1S/C21H29N3O/c25-21-22-19-15-9-8-14-18(19)20(16-10-4-3-5-11-16)23-24(21)17-12-6-1-2-7-13-17/h8-9,14-17H,1-7,10-13H2,(H,22,25). The molecular weight excluding hydrogens is 310 g/mol. The lowest BCUT2D eigenvalue weighted by atomic mass is 9.83. The van der Waals surface area contributed by atoms with Crippen LogP contribution in [0.4, 0.5) is 10.5 Å². The Hall–Kier alpha value is -1.84. The molecule has 0 unspecified atom stereocenters. The maximum atomic E-state index is 12.9. The highest BCUT2D eigenvalue weighted by Crippen LogP contribution is 2.33. The molecule has 1 aliphatic heterocycles. The fraction of sp³-hybridized carbons (Fsp3) is 0.619. The first-order valence-electron chi connectivity index (χ1n) is 10.1. The molecule has 0 spiro atoms. The van der Waals surface area contributed by atoms with E-state index in [1.807, 2.05) is 12.1 Å². The molecule has 0 radical (unpaired) electrons. The van der Waals surface area contributed by atoms with Crippen molar-refractivity contribution in [3.63, 3.8) is 0 Å². The van der Waals surface area contributed by atoms with Gasteiger partial charge >= 0.3 is 6.03 Å². The maximum Gasteiger partial charge on any atom is 0.342 e. The second kappa shape index (κ2) is 7.59. The quantitative estimate of drug-likeness (QED) is 0.706. The van der Waals surface area contributed by atoms with Crippen molar-refractivity contribution in [3.05, 3.63) is 29.8 Å². The fourth-order valence-corrected chi connectivity index (χ4v) is 4.63. The van der Waals surface area contributed by atoms with E-state index in [0.717, 1.165) is 29.8 Å².